The Labute approximate surface area is 433 Å². The number of aldehydes is 1. The van der Waals surface area contributed by atoms with Crippen LogP contribution >= 0.6 is 76.5 Å². The second kappa shape index (κ2) is 33.1. The number of fused-ring (bicyclic) bond motifs is 5. The normalized spacial score (nSPS) is 12.1. The molecule has 0 bridgehead atoms. The van der Waals surface area contributed by atoms with Crippen molar-refractivity contribution in [2.75, 3.05) is 5.73 Å². The first-order chi connectivity index (χ1) is 29.1. The molecule has 0 fully saturated rings. The molecule has 0 saturated heterocycles. The molecule has 5 aromatic heterocycles. The summed E-state index contributed by atoms with van der Waals surface area (Å²) in [5.74, 6) is 0.469. The number of allylic oxidation sites excluding steroid dienone is 5. The minimum absolute atomic E-state index is 0. The van der Waals surface area contributed by atoms with Gasteiger partial charge in [-0.25, -0.2) is 19.9 Å². The number of anilines is 1. The van der Waals surface area contributed by atoms with E-state index in [0.29, 0.717) is 5.82 Å². The Morgan fingerprint density at radius 3 is 1.31 bits per heavy atom. The van der Waals surface area contributed by atoms with Gasteiger partial charge < -0.3 is 5.73 Å². The number of hydrogen-bond acceptors (Lipinski definition) is 14. The average Bonchev–Trinajstić information content (AvgIpc) is 4.09. The Hall–Kier alpha value is -4.51. The van der Waals surface area contributed by atoms with Gasteiger partial charge in [0, 0.05) is 53.5 Å². The summed E-state index contributed by atoms with van der Waals surface area (Å²) in [4.78, 5) is 51.0. The molecule has 5 heterocycles. The molecule has 0 unspecified atom stereocenters. The van der Waals surface area contributed by atoms with Gasteiger partial charge in [-0.05, 0) is 95.8 Å². The van der Waals surface area contributed by atoms with E-state index in [1.54, 1.807) is 24.8 Å². The van der Waals surface area contributed by atoms with Crippen molar-refractivity contribution in [3.05, 3.63) is 139 Å². The van der Waals surface area contributed by atoms with Gasteiger partial charge in [0.05, 0.1) is 81.2 Å². The zero-order valence-electron chi connectivity index (χ0n) is 32.2. The van der Waals surface area contributed by atoms with Crippen LogP contribution in [0, 0.1) is 13.8 Å². The number of halogens is 7. The van der Waals surface area contributed by atoms with Gasteiger partial charge in [0.1, 0.15) is 20.7 Å². The predicted octanol–water partition coefficient (Wildman–Crippen LogP) is 13.1. The first-order valence-corrected chi connectivity index (χ1v) is 21.3. The van der Waals surface area contributed by atoms with E-state index in [4.69, 9.17) is 10.5 Å². The van der Waals surface area contributed by atoms with E-state index in [-0.39, 0.29) is 44.6 Å². The van der Waals surface area contributed by atoms with E-state index in [2.05, 4.69) is 163 Å². The van der Waals surface area contributed by atoms with Crippen LogP contribution in [0.25, 0.3) is 27.2 Å². The molecule has 67 heavy (non-hydrogen) atoms. The molecule has 2 N–H and O–H groups in total. The second-order valence-electron chi connectivity index (χ2n) is 12.4. The zero-order valence-corrected chi connectivity index (χ0v) is 39.4. The Bertz CT molecular complexity index is 2310. The Morgan fingerprint density at radius 2 is 0.910 bits per heavy atom. The molecule has 0 atom stereocenters. The van der Waals surface area contributed by atoms with Gasteiger partial charge in [0.2, 0.25) is 6.29 Å². The zero-order chi connectivity index (χ0) is 44.5. The summed E-state index contributed by atoms with van der Waals surface area (Å²) >= 11 is 16.5. The fraction of sp³-hybridized carbons (Fsp3) is 0.311. The van der Waals surface area contributed by atoms with Crippen LogP contribution in [0.5, 0.6) is 0 Å². The molecule has 0 amide bonds. The van der Waals surface area contributed by atoms with Gasteiger partial charge in [0.25, 0.3) is 0 Å². The molecular weight excluding hydrogens is 1140 g/mol. The van der Waals surface area contributed by atoms with E-state index in [9.17, 15) is 13.2 Å². The molecule has 5 aromatic rings. The number of nitrogens with two attached hydrogens (primary N) is 1. The summed E-state index contributed by atoms with van der Waals surface area (Å²) in [7, 11) is 4.34. The Balaban J connectivity index is -0.000000717. The summed E-state index contributed by atoms with van der Waals surface area (Å²) in [5.41, 5.74) is 17.7. The molecule has 0 saturated carbocycles. The number of nitrogen functional groups attached to an aromatic ring is 1. The molecule has 22 heteroatoms. The minimum atomic E-state index is -4.64. The summed E-state index contributed by atoms with van der Waals surface area (Å²) in [6.45, 7) is 3.91. The number of aryl methyl sites for hydroxylation is 2. The maximum absolute atomic E-state index is 10.4. The van der Waals surface area contributed by atoms with Crippen molar-refractivity contribution in [3.8, 4) is 0 Å². The fourth-order valence-electron chi connectivity index (χ4n) is 5.23. The van der Waals surface area contributed by atoms with Crippen molar-refractivity contribution in [1.82, 2.24) is 49.8 Å². The average molecular weight is 1200 g/mol. The number of carbonyl (C=O) groups excluding carboxylic acids is 1. The topological polar surface area (TPSA) is 184 Å². The van der Waals surface area contributed by atoms with E-state index in [1.165, 1.54) is 0 Å². The molecule has 1 radical (unpaired) electrons. The predicted molar refractivity (Wildman–Crippen MR) is 289 cm³/mol. The van der Waals surface area contributed by atoms with E-state index in [0.717, 1.165) is 119 Å². The van der Waals surface area contributed by atoms with Gasteiger partial charge in [-0.1, -0.05) is 74.9 Å². The third-order valence-corrected chi connectivity index (χ3v) is 9.99. The standard InChI is InChI=1S/C8H7BrN2.C8H8N2.C7H6BrN3.2C7H5BrN2.C2HF3O.6CH4.BHNS/c1-5-4-10-7-3-2-6(9)8(7)11-5;1-6-5-9-7-3-2-4-8(7)10-6;8-4-1-2-5-7(4)11-6(9)3-10-5;2*8-7-4-9-5-2-1-3-6(5)10-7;3-2(4,5)1-6;;;;;;;1-2-3/h2,4H,3H2,1H3;2,4-5H,3H2,1H3;1,3H,2H2,(H2,9,11);2*1,3-4H,2H2;1H;6*1H4;3H. The Kier molecular flexibility index (Phi) is 33.0. The van der Waals surface area contributed by atoms with Gasteiger partial charge in [-0.2, -0.15) is 13.2 Å². The van der Waals surface area contributed by atoms with Gasteiger partial charge in [-0.3, -0.25) is 34.7 Å². The number of nitrogens with zero attached hydrogens (tertiary/aromatic N) is 11. The quantitative estimate of drug-likeness (QED) is 0.0851. The number of rotatable bonds is 0. The number of aromatic nitrogens is 10. The fourth-order valence-corrected chi connectivity index (χ4v) is 6.77. The summed E-state index contributed by atoms with van der Waals surface area (Å²) in [6.07, 6.45) is 23.9. The van der Waals surface area contributed by atoms with Crippen molar-refractivity contribution < 1.29 is 18.0 Å². The second-order valence-corrected chi connectivity index (χ2v) is 16.0. The first-order valence-electron chi connectivity index (χ1n) is 17.7. The molecule has 10 rings (SSSR count). The van der Waals surface area contributed by atoms with Crippen LogP contribution in [0.3, 0.4) is 0 Å². The van der Waals surface area contributed by atoms with Gasteiger partial charge in [0.15, 0.2) is 0 Å². The van der Waals surface area contributed by atoms with Crippen LogP contribution in [0.1, 0.15) is 113 Å². The number of hydrogen-bond donors (Lipinski definition) is 2. The number of carbonyl (C=O) groups is 1. The van der Waals surface area contributed by atoms with Crippen LogP contribution in [0.4, 0.5) is 19.0 Å². The summed E-state index contributed by atoms with van der Waals surface area (Å²) < 4.78 is 37.6. The molecule has 0 aliphatic heterocycles. The molecule has 361 valence electrons. The van der Waals surface area contributed by atoms with E-state index in [1.807, 2.05) is 44.3 Å². The van der Waals surface area contributed by atoms with Crippen LogP contribution < -0.4 is 5.73 Å². The SMILES string of the molecule is Brc1cnc2c(n1)C=CC2.Brc1cnc2c(n1)C=CC2.C.C.C.C.C.C.Cc1cnc2c(n1)C(Br)=CC2.Cc1cnc2c(n1)C=CC2.Nc1cnc2c(n1)C(Br)=CC2.O=CC(F)(F)F.[B]=NS. The molecule has 0 aromatic carbocycles. The maximum atomic E-state index is 10.4. The van der Waals surface area contributed by atoms with Crippen LogP contribution in [0.15, 0.2) is 74.9 Å². The van der Waals surface area contributed by atoms with Crippen LogP contribution in [-0.4, -0.2) is 69.9 Å². The van der Waals surface area contributed by atoms with Crippen molar-refractivity contribution in [2.24, 2.45) is 4.30 Å². The molecule has 5 aliphatic rings. The van der Waals surface area contributed by atoms with Gasteiger partial charge >= 0.3 is 30.9 Å². The number of alkyl halides is 3. The van der Waals surface area contributed by atoms with E-state index >= 15 is 0 Å². The molecule has 0 spiro atoms. The van der Waals surface area contributed by atoms with Crippen molar-refractivity contribution in [2.45, 2.75) is 96.7 Å². The Morgan fingerprint density at radius 1 is 0.582 bits per heavy atom. The van der Waals surface area contributed by atoms with Crippen LogP contribution in [-0.2, 0) is 36.9 Å². The van der Waals surface area contributed by atoms with Gasteiger partial charge in [-0.15, -0.1) is 0 Å². The monoisotopic (exact) mass is 1200 g/mol. The third-order valence-electron chi connectivity index (χ3n) is 7.83. The molecule has 13 nitrogen and oxygen atoms in total. The number of thiol groups is 1. The third kappa shape index (κ3) is 22.0. The summed E-state index contributed by atoms with van der Waals surface area (Å²) in [6, 6.07) is 0. The van der Waals surface area contributed by atoms with Crippen molar-refractivity contribution in [1.29, 1.82) is 0 Å². The van der Waals surface area contributed by atoms with Crippen molar-refractivity contribution >= 4 is 123 Å². The first kappa shape index (κ1) is 66.8. The summed E-state index contributed by atoms with van der Waals surface area (Å²) in [5, 5.41) is 0. The molecule has 5 aliphatic carbocycles. The van der Waals surface area contributed by atoms with Crippen LogP contribution in [0.2, 0.25) is 0 Å². The van der Waals surface area contributed by atoms with E-state index < -0.39 is 12.5 Å². The van der Waals surface area contributed by atoms with Crippen molar-refractivity contribution in [3.63, 3.8) is 0 Å². The molecular formula is C45H57BBr4F3N12OS.